The molecule has 0 aliphatic carbocycles. The van der Waals surface area contributed by atoms with Crippen molar-refractivity contribution in [1.29, 1.82) is 0 Å². The second kappa shape index (κ2) is 7.27. The molecule has 4 nitrogen and oxygen atoms in total. The van der Waals surface area contributed by atoms with Crippen LogP contribution in [0.5, 0.6) is 5.75 Å². The van der Waals surface area contributed by atoms with Crippen molar-refractivity contribution in [2.75, 3.05) is 20.2 Å². The summed E-state index contributed by atoms with van der Waals surface area (Å²) in [6, 6.07) is 5.97. The molecule has 0 spiro atoms. The zero-order chi connectivity index (χ0) is 15.2. The molecule has 1 unspecified atom stereocenters. The number of carboxylic acids is 1. The first-order valence-corrected chi connectivity index (χ1v) is 7.38. The molecule has 1 aromatic rings. The first kappa shape index (κ1) is 15.6. The van der Waals surface area contributed by atoms with E-state index >= 15 is 0 Å². The van der Waals surface area contributed by atoms with Gasteiger partial charge in [0.15, 0.2) is 0 Å². The third kappa shape index (κ3) is 4.60. The predicted octanol–water partition coefficient (Wildman–Crippen LogP) is 3.02. The normalized spacial score (nSPS) is 19.8. The first-order chi connectivity index (χ1) is 10.1. The van der Waals surface area contributed by atoms with Crippen LogP contribution < -0.4 is 4.74 Å². The summed E-state index contributed by atoms with van der Waals surface area (Å²) in [7, 11) is 1.60. The van der Waals surface area contributed by atoms with Crippen LogP contribution in [-0.2, 0) is 11.3 Å². The van der Waals surface area contributed by atoms with Gasteiger partial charge in [-0.2, -0.15) is 0 Å². The monoisotopic (exact) mass is 289 g/mol. The van der Waals surface area contributed by atoms with Crippen LogP contribution in [0.4, 0.5) is 0 Å². The van der Waals surface area contributed by atoms with Gasteiger partial charge < -0.3 is 9.84 Å². The Bertz CT molecular complexity index is 525. The van der Waals surface area contributed by atoms with Crippen molar-refractivity contribution in [3.05, 3.63) is 35.4 Å². The molecule has 2 rings (SSSR count). The highest BCUT2D eigenvalue weighted by Crippen LogP contribution is 2.24. The summed E-state index contributed by atoms with van der Waals surface area (Å²) in [5.41, 5.74) is 2.00. The molecule has 1 saturated heterocycles. The Morgan fingerprint density at radius 2 is 2.33 bits per heavy atom. The molecule has 1 fully saturated rings. The second-order valence-corrected chi connectivity index (χ2v) is 5.73. The molecule has 1 N–H and O–H groups in total. The molecule has 1 aliphatic rings. The van der Waals surface area contributed by atoms with Crippen LogP contribution in [0, 0.1) is 5.92 Å². The molecule has 21 heavy (non-hydrogen) atoms. The maximum atomic E-state index is 10.7. The first-order valence-electron chi connectivity index (χ1n) is 7.38. The maximum absolute atomic E-state index is 10.7. The number of piperidine rings is 1. The van der Waals surface area contributed by atoms with Crippen LogP contribution in [0.25, 0.3) is 6.08 Å². The molecule has 0 aromatic heterocycles. The Hall–Kier alpha value is -1.81. The smallest absolute Gasteiger partial charge is 0.328 e. The number of ether oxygens (including phenoxy) is 1. The molecule has 0 amide bonds. The van der Waals surface area contributed by atoms with Gasteiger partial charge in [0.05, 0.1) is 7.11 Å². The van der Waals surface area contributed by atoms with Gasteiger partial charge >= 0.3 is 5.97 Å². The molecule has 0 saturated carbocycles. The van der Waals surface area contributed by atoms with Crippen molar-refractivity contribution in [3.63, 3.8) is 0 Å². The number of benzene rings is 1. The van der Waals surface area contributed by atoms with Crippen molar-refractivity contribution in [2.45, 2.75) is 26.3 Å². The Labute approximate surface area is 126 Å². The topological polar surface area (TPSA) is 49.8 Å². The molecular weight excluding hydrogens is 266 g/mol. The Balaban J connectivity index is 2.13. The van der Waals surface area contributed by atoms with E-state index in [0.717, 1.165) is 37.2 Å². The zero-order valence-corrected chi connectivity index (χ0v) is 12.7. The Morgan fingerprint density at radius 3 is 3.00 bits per heavy atom. The summed E-state index contributed by atoms with van der Waals surface area (Å²) in [4.78, 5) is 13.1. The predicted molar refractivity (Wildman–Crippen MR) is 83.3 cm³/mol. The molecular formula is C17H23NO3. The van der Waals surface area contributed by atoms with E-state index in [4.69, 9.17) is 9.84 Å². The van der Waals surface area contributed by atoms with Gasteiger partial charge in [-0.3, -0.25) is 4.90 Å². The highest BCUT2D eigenvalue weighted by molar-refractivity contribution is 5.85. The van der Waals surface area contributed by atoms with Gasteiger partial charge in [-0.1, -0.05) is 13.0 Å². The molecule has 1 aliphatic heterocycles. The molecule has 1 heterocycles. The molecule has 114 valence electrons. The van der Waals surface area contributed by atoms with E-state index in [1.165, 1.54) is 18.4 Å². The quantitative estimate of drug-likeness (QED) is 0.847. The Kier molecular flexibility index (Phi) is 5.39. The van der Waals surface area contributed by atoms with Crippen molar-refractivity contribution in [1.82, 2.24) is 4.90 Å². The van der Waals surface area contributed by atoms with E-state index in [-0.39, 0.29) is 0 Å². The van der Waals surface area contributed by atoms with Crippen LogP contribution in [0.2, 0.25) is 0 Å². The Morgan fingerprint density at radius 1 is 1.52 bits per heavy atom. The lowest BCUT2D eigenvalue weighted by Crippen LogP contribution is -2.33. The van der Waals surface area contributed by atoms with Gasteiger partial charge in [-0.15, -0.1) is 0 Å². The number of carbonyl (C=O) groups is 1. The van der Waals surface area contributed by atoms with Gasteiger partial charge in [0.25, 0.3) is 0 Å². The minimum atomic E-state index is -0.952. The number of nitrogens with zero attached hydrogens (tertiary/aromatic N) is 1. The van der Waals surface area contributed by atoms with E-state index in [1.54, 1.807) is 13.2 Å². The number of rotatable bonds is 5. The van der Waals surface area contributed by atoms with Crippen molar-refractivity contribution >= 4 is 12.0 Å². The standard InChI is InChI=1S/C17H23NO3/c1-13-4-3-9-18(11-13)12-14-5-7-16(21-2)15(10-14)6-8-17(19)20/h5-8,10,13H,3-4,9,11-12H2,1-2H3,(H,19,20). The maximum Gasteiger partial charge on any atom is 0.328 e. The fraction of sp³-hybridized carbons (Fsp3) is 0.471. The second-order valence-electron chi connectivity index (χ2n) is 5.73. The molecule has 4 heteroatoms. The fourth-order valence-electron chi connectivity index (χ4n) is 2.86. The lowest BCUT2D eigenvalue weighted by Gasteiger charge is -2.30. The fourth-order valence-corrected chi connectivity index (χ4v) is 2.86. The number of methoxy groups -OCH3 is 1. The summed E-state index contributed by atoms with van der Waals surface area (Å²) >= 11 is 0. The number of hydrogen-bond donors (Lipinski definition) is 1. The van der Waals surface area contributed by atoms with Crippen molar-refractivity contribution in [2.24, 2.45) is 5.92 Å². The van der Waals surface area contributed by atoms with Crippen LogP contribution in [0.15, 0.2) is 24.3 Å². The summed E-state index contributed by atoms with van der Waals surface area (Å²) in [6.07, 6.45) is 5.29. The lowest BCUT2D eigenvalue weighted by atomic mass is 9.99. The number of aliphatic carboxylic acids is 1. The van der Waals surface area contributed by atoms with Crippen LogP contribution in [-0.4, -0.2) is 36.2 Å². The summed E-state index contributed by atoms with van der Waals surface area (Å²) in [6.45, 7) is 5.46. The van der Waals surface area contributed by atoms with Crippen LogP contribution in [0.3, 0.4) is 0 Å². The van der Waals surface area contributed by atoms with Gasteiger partial charge in [-0.25, -0.2) is 4.79 Å². The average molecular weight is 289 g/mol. The van der Waals surface area contributed by atoms with Gasteiger partial charge in [0, 0.05) is 24.7 Å². The highest BCUT2D eigenvalue weighted by atomic mass is 16.5. The number of carboxylic acid groups (broad SMARTS) is 1. The number of likely N-dealkylation sites (tertiary alicyclic amines) is 1. The SMILES string of the molecule is COc1ccc(CN2CCCC(C)C2)cc1C=CC(=O)O. The van der Waals surface area contributed by atoms with Crippen LogP contribution >= 0.6 is 0 Å². The van der Waals surface area contributed by atoms with Crippen molar-refractivity contribution < 1.29 is 14.6 Å². The molecule has 0 radical (unpaired) electrons. The highest BCUT2D eigenvalue weighted by Gasteiger charge is 2.16. The lowest BCUT2D eigenvalue weighted by molar-refractivity contribution is -0.131. The third-order valence-electron chi connectivity index (χ3n) is 3.85. The molecule has 1 atom stereocenters. The number of hydrogen-bond acceptors (Lipinski definition) is 3. The summed E-state index contributed by atoms with van der Waals surface area (Å²) in [5, 5.41) is 8.76. The minimum Gasteiger partial charge on any atom is -0.496 e. The van der Waals surface area contributed by atoms with E-state index < -0.39 is 5.97 Å². The van der Waals surface area contributed by atoms with Gasteiger partial charge in [0.2, 0.25) is 0 Å². The molecule has 1 aromatic carbocycles. The van der Waals surface area contributed by atoms with Gasteiger partial charge in [-0.05, 0) is 49.1 Å². The largest absolute Gasteiger partial charge is 0.496 e. The molecule has 0 bridgehead atoms. The summed E-state index contributed by atoms with van der Waals surface area (Å²) in [5.74, 6) is 0.499. The minimum absolute atomic E-state index is 0.697. The van der Waals surface area contributed by atoms with Crippen molar-refractivity contribution in [3.8, 4) is 5.75 Å². The van der Waals surface area contributed by atoms with E-state index in [2.05, 4.69) is 17.9 Å². The van der Waals surface area contributed by atoms with Gasteiger partial charge in [0.1, 0.15) is 5.75 Å². The van der Waals surface area contributed by atoms with E-state index in [1.807, 2.05) is 12.1 Å². The van der Waals surface area contributed by atoms with Crippen LogP contribution in [0.1, 0.15) is 30.9 Å². The zero-order valence-electron chi connectivity index (χ0n) is 12.7. The van der Waals surface area contributed by atoms with E-state index in [0.29, 0.717) is 5.75 Å². The third-order valence-corrected chi connectivity index (χ3v) is 3.85. The average Bonchev–Trinajstić information content (AvgIpc) is 2.45. The summed E-state index contributed by atoms with van der Waals surface area (Å²) < 4.78 is 5.28. The van der Waals surface area contributed by atoms with E-state index in [9.17, 15) is 4.79 Å².